The van der Waals surface area contributed by atoms with Crippen molar-refractivity contribution in [2.24, 2.45) is 0 Å². The first kappa shape index (κ1) is 10.3. The average molecular weight is 229 g/mol. The molecule has 0 spiro atoms. The van der Waals surface area contributed by atoms with Crippen LogP contribution in [0.5, 0.6) is 0 Å². The minimum Gasteiger partial charge on any atom is -0.312 e. The standard InChI is InChI=1S/C12H15N5/c1-4-8(2)16-6-14-10-11-13-5-9(3)17(11)7-15-12(10)16/h5-8H,4H2,1-3H3. The highest BCUT2D eigenvalue weighted by Crippen LogP contribution is 2.20. The number of hydrogen-bond acceptors (Lipinski definition) is 3. The van der Waals surface area contributed by atoms with Crippen molar-refractivity contribution in [2.45, 2.75) is 33.2 Å². The van der Waals surface area contributed by atoms with Crippen LogP contribution in [0.2, 0.25) is 0 Å². The molecule has 3 aromatic rings. The summed E-state index contributed by atoms with van der Waals surface area (Å²) < 4.78 is 4.08. The van der Waals surface area contributed by atoms with Crippen molar-refractivity contribution < 1.29 is 0 Å². The Hall–Kier alpha value is -1.91. The first-order chi connectivity index (χ1) is 8.22. The summed E-state index contributed by atoms with van der Waals surface area (Å²) in [6, 6.07) is 0.408. The van der Waals surface area contributed by atoms with E-state index in [4.69, 9.17) is 0 Å². The number of rotatable bonds is 2. The van der Waals surface area contributed by atoms with E-state index in [-0.39, 0.29) is 0 Å². The van der Waals surface area contributed by atoms with Crippen LogP contribution in [-0.4, -0.2) is 23.9 Å². The fraction of sp³-hybridized carbons (Fsp3) is 0.417. The molecule has 0 aliphatic carbocycles. The van der Waals surface area contributed by atoms with Gasteiger partial charge in [-0.1, -0.05) is 6.92 Å². The Balaban J connectivity index is 2.35. The quantitative estimate of drug-likeness (QED) is 0.677. The highest BCUT2D eigenvalue weighted by Gasteiger charge is 2.13. The average Bonchev–Trinajstić information content (AvgIpc) is 2.92. The van der Waals surface area contributed by atoms with Crippen LogP contribution in [0.3, 0.4) is 0 Å². The predicted molar refractivity (Wildman–Crippen MR) is 66.0 cm³/mol. The second-order valence-corrected chi connectivity index (χ2v) is 4.42. The highest BCUT2D eigenvalue weighted by atomic mass is 15.2. The van der Waals surface area contributed by atoms with Crippen LogP contribution < -0.4 is 0 Å². The zero-order chi connectivity index (χ0) is 12.0. The van der Waals surface area contributed by atoms with Crippen molar-refractivity contribution in [3.63, 3.8) is 0 Å². The molecule has 0 aliphatic heterocycles. The summed E-state index contributed by atoms with van der Waals surface area (Å²) in [5.41, 5.74) is 3.75. The van der Waals surface area contributed by atoms with Crippen molar-refractivity contribution in [1.82, 2.24) is 23.9 Å². The van der Waals surface area contributed by atoms with Gasteiger partial charge in [0.1, 0.15) is 6.33 Å². The van der Waals surface area contributed by atoms with Gasteiger partial charge < -0.3 is 4.57 Å². The van der Waals surface area contributed by atoms with Gasteiger partial charge in [0.2, 0.25) is 0 Å². The zero-order valence-electron chi connectivity index (χ0n) is 10.3. The van der Waals surface area contributed by atoms with Gasteiger partial charge in [-0.2, -0.15) is 0 Å². The van der Waals surface area contributed by atoms with E-state index in [2.05, 4.69) is 33.4 Å². The molecule has 0 N–H and O–H groups in total. The fourth-order valence-corrected chi connectivity index (χ4v) is 2.04. The van der Waals surface area contributed by atoms with Crippen LogP contribution in [0.25, 0.3) is 16.8 Å². The summed E-state index contributed by atoms with van der Waals surface area (Å²) in [5, 5.41) is 0. The van der Waals surface area contributed by atoms with Crippen LogP contribution in [0.1, 0.15) is 32.0 Å². The molecular formula is C12H15N5. The molecule has 88 valence electrons. The second-order valence-electron chi connectivity index (χ2n) is 4.42. The molecular weight excluding hydrogens is 214 g/mol. The molecule has 3 aromatic heterocycles. The first-order valence-electron chi connectivity index (χ1n) is 5.87. The topological polar surface area (TPSA) is 48.0 Å². The van der Waals surface area contributed by atoms with Gasteiger partial charge >= 0.3 is 0 Å². The van der Waals surface area contributed by atoms with Crippen LogP contribution in [-0.2, 0) is 0 Å². The minimum absolute atomic E-state index is 0.408. The summed E-state index contributed by atoms with van der Waals surface area (Å²) >= 11 is 0. The molecule has 0 radical (unpaired) electrons. The second kappa shape index (κ2) is 3.55. The molecule has 0 aromatic carbocycles. The van der Waals surface area contributed by atoms with Gasteiger partial charge in [0.25, 0.3) is 0 Å². The molecule has 0 bridgehead atoms. The summed E-state index contributed by atoms with van der Waals surface area (Å²) in [7, 11) is 0. The van der Waals surface area contributed by atoms with Crippen molar-refractivity contribution in [3.8, 4) is 0 Å². The summed E-state index contributed by atoms with van der Waals surface area (Å²) in [5.74, 6) is 0. The van der Waals surface area contributed by atoms with Crippen LogP contribution >= 0.6 is 0 Å². The monoisotopic (exact) mass is 229 g/mol. The Morgan fingerprint density at radius 3 is 2.76 bits per heavy atom. The molecule has 0 saturated heterocycles. The van der Waals surface area contributed by atoms with E-state index in [1.807, 2.05) is 30.2 Å². The molecule has 1 atom stereocenters. The van der Waals surface area contributed by atoms with E-state index in [0.717, 1.165) is 28.9 Å². The van der Waals surface area contributed by atoms with Gasteiger partial charge in [-0.3, -0.25) is 4.40 Å². The normalized spacial score (nSPS) is 13.6. The smallest absolute Gasteiger partial charge is 0.168 e. The number of aromatic nitrogens is 5. The van der Waals surface area contributed by atoms with E-state index in [1.54, 1.807) is 0 Å². The number of aryl methyl sites for hydroxylation is 1. The molecule has 0 amide bonds. The maximum Gasteiger partial charge on any atom is 0.168 e. The van der Waals surface area contributed by atoms with Crippen LogP contribution in [0.15, 0.2) is 18.9 Å². The van der Waals surface area contributed by atoms with Gasteiger partial charge in [0.05, 0.1) is 6.33 Å². The molecule has 17 heavy (non-hydrogen) atoms. The predicted octanol–water partition coefficient (Wildman–Crippen LogP) is 2.36. The van der Waals surface area contributed by atoms with E-state index < -0.39 is 0 Å². The Morgan fingerprint density at radius 1 is 1.18 bits per heavy atom. The van der Waals surface area contributed by atoms with Crippen LogP contribution in [0, 0.1) is 6.92 Å². The van der Waals surface area contributed by atoms with E-state index in [1.165, 1.54) is 0 Å². The highest BCUT2D eigenvalue weighted by molar-refractivity contribution is 5.85. The van der Waals surface area contributed by atoms with E-state index in [9.17, 15) is 0 Å². The largest absolute Gasteiger partial charge is 0.312 e. The lowest BCUT2D eigenvalue weighted by atomic mass is 10.2. The SMILES string of the molecule is CCC(C)n1cnc2c1ncn1c(C)cnc21. The van der Waals surface area contributed by atoms with E-state index >= 15 is 0 Å². The number of hydrogen-bond donors (Lipinski definition) is 0. The summed E-state index contributed by atoms with van der Waals surface area (Å²) in [4.78, 5) is 13.3. The number of nitrogens with zero attached hydrogens (tertiary/aromatic N) is 5. The van der Waals surface area contributed by atoms with Crippen molar-refractivity contribution >= 4 is 16.8 Å². The molecule has 5 nitrogen and oxygen atoms in total. The fourth-order valence-electron chi connectivity index (χ4n) is 2.04. The van der Waals surface area contributed by atoms with Gasteiger partial charge in [-0.05, 0) is 20.3 Å². The Morgan fingerprint density at radius 2 is 2.00 bits per heavy atom. The van der Waals surface area contributed by atoms with Crippen molar-refractivity contribution in [2.75, 3.05) is 0 Å². The molecule has 3 heterocycles. The van der Waals surface area contributed by atoms with Crippen molar-refractivity contribution in [1.29, 1.82) is 0 Å². The summed E-state index contributed by atoms with van der Waals surface area (Å²) in [6.07, 6.45) is 6.58. The lowest BCUT2D eigenvalue weighted by molar-refractivity contribution is 0.541. The van der Waals surface area contributed by atoms with Gasteiger partial charge in [0.15, 0.2) is 16.8 Å². The molecule has 0 saturated carbocycles. The molecule has 5 heteroatoms. The molecule has 3 rings (SSSR count). The maximum atomic E-state index is 4.49. The lowest BCUT2D eigenvalue weighted by Gasteiger charge is -2.10. The van der Waals surface area contributed by atoms with Gasteiger partial charge in [0, 0.05) is 17.9 Å². The third-order valence-electron chi connectivity index (χ3n) is 3.32. The number of imidazole rings is 2. The van der Waals surface area contributed by atoms with Crippen LogP contribution in [0.4, 0.5) is 0 Å². The van der Waals surface area contributed by atoms with Gasteiger partial charge in [-0.25, -0.2) is 15.0 Å². The maximum absolute atomic E-state index is 4.49. The van der Waals surface area contributed by atoms with Gasteiger partial charge in [-0.15, -0.1) is 0 Å². The Labute approximate surface area is 99.1 Å². The molecule has 0 fully saturated rings. The third kappa shape index (κ3) is 1.35. The number of fused-ring (bicyclic) bond motifs is 3. The lowest BCUT2D eigenvalue weighted by Crippen LogP contribution is -2.03. The minimum atomic E-state index is 0.408. The zero-order valence-corrected chi connectivity index (χ0v) is 10.3. The molecule has 0 aliphatic rings. The van der Waals surface area contributed by atoms with Crippen molar-refractivity contribution in [3.05, 3.63) is 24.5 Å². The third-order valence-corrected chi connectivity index (χ3v) is 3.32. The Kier molecular flexibility index (Phi) is 2.14. The summed E-state index contributed by atoms with van der Waals surface area (Å²) in [6.45, 7) is 6.34. The molecule has 1 unspecified atom stereocenters. The first-order valence-corrected chi connectivity index (χ1v) is 5.87. The van der Waals surface area contributed by atoms with E-state index in [0.29, 0.717) is 6.04 Å². The Bertz CT molecular complexity index is 679.